The first-order chi connectivity index (χ1) is 6.19. The molecule has 4 heteroatoms. The molecule has 0 radical (unpaired) electrons. The minimum Gasteiger partial charge on any atom is -0.341 e. The average molecular weight is 208 g/mol. The fourth-order valence-electron chi connectivity index (χ4n) is 1.53. The van der Waals surface area contributed by atoms with Gasteiger partial charge in [0.15, 0.2) is 0 Å². The van der Waals surface area contributed by atoms with Gasteiger partial charge in [0.25, 0.3) is 0 Å². The minimum absolute atomic E-state index is 0.0321. The van der Waals surface area contributed by atoms with Gasteiger partial charge >= 0.3 is 0 Å². The Kier molecular flexibility index (Phi) is 3.97. The first-order valence-corrected chi connectivity index (χ1v) is 5.11. The zero-order valence-electron chi connectivity index (χ0n) is 7.80. The van der Waals surface area contributed by atoms with E-state index < -0.39 is 5.38 Å². The molecule has 2 atom stereocenters. The summed E-state index contributed by atoms with van der Waals surface area (Å²) in [4.78, 5) is 13.2. The van der Waals surface area contributed by atoms with E-state index in [9.17, 15) is 9.18 Å². The number of halogens is 2. The monoisotopic (exact) mass is 207 g/mol. The van der Waals surface area contributed by atoms with Gasteiger partial charge in [-0.1, -0.05) is 6.92 Å². The van der Waals surface area contributed by atoms with Crippen molar-refractivity contribution in [3.05, 3.63) is 0 Å². The quantitative estimate of drug-likeness (QED) is 0.647. The molecular formula is C9H15ClFNO. The summed E-state index contributed by atoms with van der Waals surface area (Å²) < 4.78 is 12.2. The molecule has 2 nitrogen and oxygen atoms in total. The summed E-state index contributed by atoms with van der Waals surface area (Å²) in [5, 5.41) is -0.432. The van der Waals surface area contributed by atoms with Crippen molar-refractivity contribution in [2.24, 2.45) is 5.92 Å². The summed E-state index contributed by atoms with van der Waals surface area (Å²) in [6, 6.07) is 0. The Balaban J connectivity index is 2.41. The molecule has 1 heterocycles. The molecule has 13 heavy (non-hydrogen) atoms. The van der Waals surface area contributed by atoms with E-state index in [1.807, 2.05) is 6.92 Å². The van der Waals surface area contributed by atoms with Gasteiger partial charge in [-0.25, -0.2) is 0 Å². The van der Waals surface area contributed by atoms with Crippen LogP contribution < -0.4 is 0 Å². The van der Waals surface area contributed by atoms with Gasteiger partial charge < -0.3 is 4.90 Å². The van der Waals surface area contributed by atoms with Gasteiger partial charge in [-0.2, -0.15) is 0 Å². The Morgan fingerprint density at radius 2 is 2.46 bits per heavy atom. The van der Waals surface area contributed by atoms with E-state index in [2.05, 4.69) is 0 Å². The molecule has 0 spiro atoms. The third kappa shape index (κ3) is 2.56. The number of nitrogens with zero attached hydrogens (tertiary/aromatic N) is 1. The van der Waals surface area contributed by atoms with Crippen molar-refractivity contribution in [2.45, 2.75) is 25.1 Å². The van der Waals surface area contributed by atoms with E-state index in [1.54, 1.807) is 4.90 Å². The second kappa shape index (κ2) is 4.80. The predicted molar refractivity (Wildman–Crippen MR) is 50.6 cm³/mol. The maximum atomic E-state index is 12.2. The lowest BCUT2D eigenvalue weighted by Crippen LogP contribution is -2.34. The van der Waals surface area contributed by atoms with Gasteiger partial charge in [-0.05, 0) is 12.8 Å². The van der Waals surface area contributed by atoms with Gasteiger partial charge in [0.2, 0.25) is 5.91 Å². The second-order valence-electron chi connectivity index (χ2n) is 3.47. The van der Waals surface area contributed by atoms with Crippen molar-refractivity contribution in [3.8, 4) is 0 Å². The van der Waals surface area contributed by atoms with Gasteiger partial charge in [0, 0.05) is 19.0 Å². The molecule has 1 saturated heterocycles. The number of hydrogen-bond donors (Lipinski definition) is 0. The molecule has 1 rings (SSSR count). The van der Waals surface area contributed by atoms with Gasteiger partial charge in [0.1, 0.15) is 5.38 Å². The number of hydrogen-bond acceptors (Lipinski definition) is 1. The predicted octanol–water partition coefficient (Wildman–Crippen LogP) is 1.82. The van der Waals surface area contributed by atoms with Crippen LogP contribution in [0.2, 0.25) is 0 Å². The molecule has 0 bridgehead atoms. The van der Waals surface area contributed by atoms with Crippen LogP contribution in [0.5, 0.6) is 0 Å². The van der Waals surface area contributed by atoms with E-state index in [0.717, 1.165) is 6.42 Å². The van der Waals surface area contributed by atoms with E-state index in [1.165, 1.54) is 0 Å². The Hall–Kier alpha value is -0.310. The lowest BCUT2D eigenvalue weighted by Gasteiger charge is -2.18. The first-order valence-electron chi connectivity index (χ1n) is 4.67. The molecule has 0 aromatic rings. The Morgan fingerprint density at radius 1 is 1.77 bits per heavy atom. The van der Waals surface area contributed by atoms with Crippen LogP contribution in [0.15, 0.2) is 0 Å². The van der Waals surface area contributed by atoms with Gasteiger partial charge in [-0.3, -0.25) is 9.18 Å². The van der Waals surface area contributed by atoms with Crippen LogP contribution >= 0.6 is 11.6 Å². The maximum absolute atomic E-state index is 12.2. The summed E-state index contributed by atoms with van der Waals surface area (Å²) >= 11 is 5.80. The van der Waals surface area contributed by atoms with Gasteiger partial charge in [0.05, 0.1) is 6.67 Å². The third-order valence-electron chi connectivity index (χ3n) is 2.44. The van der Waals surface area contributed by atoms with Crippen molar-refractivity contribution < 1.29 is 9.18 Å². The Labute approximate surface area is 83.0 Å². The van der Waals surface area contributed by atoms with Crippen molar-refractivity contribution in [2.75, 3.05) is 19.8 Å². The fraction of sp³-hybridized carbons (Fsp3) is 0.889. The number of amides is 1. The van der Waals surface area contributed by atoms with Crippen molar-refractivity contribution >= 4 is 17.5 Å². The SMILES string of the molecule is CC[C@H](Cl)C(=O)N1CC[C@H](CF)C1. The van der Waals surface area contributed by atoms with E-state index in [0.29, 0.717) is 19.5 Å². The highest BCUT2D eigenvalue weighted by Crippen LogP contribution is 2.19. The highest BCUT2D eigenvalue weighted by Gasteiger charge is 2.28. The van der Waals surface area contributed by atoms with Crippen molar-refractivity contribution in [1.29, 1.82) is 0 Å². The van der Waals surface area contributed by atoms with Crippen LogP contribution in [-0.4, -0.2) is 35.9 Å². The fourth-order valence-corrected chi connectivity index (χ4v) is 1.67. The molecular weight excluding hydrogens is 193 g/mol. The number of carbonyl (C=O) groups is 1. The molecule has 1 amide bonds. The van der Waals surface area contributed by atoms with Crippen LogP contribution in [0.3, 0.4) is 0 Å². The van der Waals surface area contributed by atoms with Crippen LogP contribution in [-0.2, 0) is 4.79 Å². The third-order valence-corrected chi connectivity index (χ3v) is 2.94. The molecule has 0 unspecified atom stereocenters. The van der Waals surface area contributed by atoms with E-state index in [-0.39, 0.29) is 18.5 Å². The first kappa shape index (κ1) is 10.8. The highest BCUT2D eigenvalue weighted by molar-refractivity contribution is 6.30. The molecule has 0 N–H and O–H groups in total. The summed E-state index contributed by atoms with van der Waals surface area (Å²) in [7, 11) is 0. The second-order valence-corrected chi connectivity index (χ2v) is 4.00. The zero-order chi connectivity index (χ0) is 9.84. The molecule has 76 valence electrons. The maximum Gasteiger partial charge on any atom is 0.240 e. The van der Waals surface area contributed by atoms with Crippen LogP contribution in [0.1, 0.15) is 19.8 Å². The molecule has 1 aliphatic rings. The number of likely N-dealkylation sites (tertiary alicyclic amines) is 1. The largest absolute Gasteiger partial charge is 0.341 e. The van der Waals surface area contributed by atoms with Crippen LogP contribution in [0.25, 0.3) is 0 Å². The van der Waals surface area contributed by atoms with Crippen LogP contribution in [0, 0.1) is 5.92 Å². The minimum atomic E-state index is -0.432. The lowest BCUT2D eigenvalue weighted by atomic mass is 10.1. The molecule has 0 aromatic carbocycles. The summed E-state index contributed by atoms with van der Waals surface area (Å²) in [6.07, 6.45) is 1.41. The van der Waals surface area contributed by atoms with E-state index in [4.69, 9.17) is 11.6 Å². The zero-order valence-corrected chi connectivity index (χ0v) is 8.56. The summed E-state index contributed by atoms with van der Waals surface area (Å²) in [5.74, 6) is -0.00945. The summed E-state index contributed by atoms with van der Waals surface area (Å²) in [5.41, 5.74) is 0. The Morgan fingerprint density at radius 3 is 2.92 bits per heavy atom. The molecule has 1 aliphatic heterocycles. The van der Waals surface area contributed by atoms with Crippen LogP contribution in [0.4, 0.5) is 4.39 Å². The number of rotatable bonds is 3. The van der Waals surface area contributed by atoms with Crippen molar-refractivity contribution in [3.63, 3.8) is 0 Å². The lowest BCUT2D eigenvalue weighted by molar-refractivity contribution is -0.129. The number of carbonyl (C=O) groups excluding carboxylic acids is 1. The molecule has 0 aliphatic carbocycles. The van der Waals surface area contributed by atoms with Crippen molar-refractivity contribution in [1.82, 2.24) is 4.90 Å². The van der Waals surface area contributed by atoms with Gasteiger partial charge in [-0.15, -0.1) is 11.6 Å². The topological polar surface area (TPSA) is 20.3 Å². The normalized spacial score (nSPS) is 24.8. The van der Waals surface area contributed by atoms with E-state index >= 15 is 0 Å². The molecule has 0 aromatic heterocycles. The summed E-state index contributed by atoms with van der Waals surface area (Å²) in [6.45, 7) is 2.75. The molecule has 0 saturated carbocycles. The molecule has 1 fully saturated rings. The standard InChI is InChI=1S/C9H15ClFNO/c1-2-8(10)9(13)12-4-3-7(5-11)6-12/h7-8H,2-6H2,1H3/t7-,8+/m1/s1. The Bertz CT molecular complexity index is 188. The average Bonchev–Trinajstić information content (AvgIpc) is 2.63. The number of alkyl halides is 2. The highest BCUT2D eigenvalue weighted by atomic mass is 35.5. The smallest absolute Gasteiger partial charge is 0.240 e.